The van der Waals surface area contributed by atoms with Gasteiger partial charge in [0.1, 0.15) is 6.61 Å². The van der Waals surface area contributed by atoms with Gasteiger partial charge in [-0.05, 0) is 58.5 Å². The zero-order chi connectivity index (χ0) is 20.6. The predicted molar refractivity (Wildman–Crippen MR) is 121 cm³/mol. The summed E-state index contributed by atoms with van der Waals surface area (Å²) in [7, 11) is 1.57. The van der Waals surface area contributed by atoms with Gasteiger partial charge in [0, 0.05) is 23.0 Å². The number of amides is 1. The first-order chi connectivity index (χ1) is 14.1. The molecule has 0 aliphatic carbocycles. The molecule has 8 heteroatoms. The minimum atomic E-state index is -0.337. The van der Waals surface area contributed by atoms with Crippen LogP contribution in [-0.4, -0.2) is 24.2 Å². The standard InChI is InChI=1S/C21H17ClIN3O3/c1-28-19-10-14(11-25-26-21(27)15-6-4-8-24-12-15)9-18(23)20(19)29-13-16-5-2-3-7-17(16)22/h2-12H,13H2,1H3,(H,26,27)/b25-11+. The highest BCUT2D eigenvalue weighted by atomic mass is 127. The summed E-state index contributed by atoms with van der Waals surface area (Å²) in [6.45, 7) is 0.320. The van der Waals surface area contributed by atoms with Crippen molar-refractivity contribution in [3.8, 4) is 11.5 Å². The van der Waals surface area contributed by atoms with Crippen molar-refractivity contribution < 1.29 is 14.3 Å². The fraction of sp³-hybridized carbons (Fsp3) is 0.0952. The number of rotatable bonds is 7. The minimum absolute atomic E-state index is 0.320. The number of ether oxygens (including phenoxy) is 2. The number of hydrogen-bond donors (Lipinski definition) is 1. The molecular formula is C21H17ClIN3O3. The van der Waals surface area contributed by atoms with Crippen LogP contribution in [0, 0.1) is 3.57 Å². The summed E-state index contributed by atoms with van der Waals surface area (Å²) in [5.41, 5.74) is 4.54. The largest absolute Gasteiger partial charge is 0.493 e. The topological polar surface area (TPSA) is 72.8 Å². The van der Waals surface area contributed by atoms with E-state index in [9.17, 15) is 4.79 Å². The third-order valence-electron chi connectivity index (χ3n) is 3.89. The van der Waals surface area contributed by atoms with E-state index in [2.05, 4.69) is 38.1 Å². The lowest BCUT2D eigenvalue weighted by Gasteiger charge is -2.14. The van der Waals surface area contributed by atoms with Crippen molar-refractivity contribution in [2.24, 2.45) is 5.10 Å². The number of hydrogen-bond acceptors (Lipinski definition) is 5. The van der Waals surface area contributed by atoms with E-state index < -0.39 is 0 Å². The summed E-state index contributed by atoms with van der Waals surface area (Å²) in [5.74, 6) is 0.837. The van der Waals surface area contributed by atoms with Gasteiger partial charge >= 0.3 is 0 Å². The zero-order valence-corrected chi connectivity index (χ0v) is 18.3. The number of hydrazone groups is 1. The molecule has 0 fully saturated rings. The van der Waals surface area contributed by atoms with Crippen LogP contribution in [0.4, 0.5) is 0 Å². The molecule has 1 amide bonds. The Labute approximate surface area is 187 Å². The molecule has 148 valence electrons. The van der Waals surface area contributed by atoms with Gasteiger partial charge in [-0.2, -0.15) is 5.10 Å². The Morgan fingerprint density at radius 1 is 1.28 bits per heavy atom. The molecule has 0 bridgehead atoms. The van der Waals surface area contributed by atoms with E-state index in [4.69, 9.17) is 21.1 Å². The highest BCUT2D eigenvalue weighted by molar-refractivity contribution is 14.1. The number of carbonyl (C=O) groups excluding carboxylic acids is 1. The minimum Gasteiger partial charge on any atom is -0.493 e. The number of nitrogens with one attached hydrogen (secondary N) is 1. The lowest BCUT2D eigenvalue weighted by molar-refractivity contribution is 0.0955. The highest BCUT2D eigenvalue weighted by Crippen LogP contribution is 2.34. The van der Waals surface area contributed by atoms with Gasteiger partial charge in [0.05, 0.1) is 22.5 Å². The molecule has 3 rings (SSSR count). The molecule has 0 radical (unpaired) electrons. The monoisotopic (exact) mass is 521 g/mol. The zero-order valence-electron chi connectivity index (χ0n) is 15.4. The number of carbonyl (C=O) groups is 1. The van der Waals surface area contributed by atoms with Crippen molar-refractivity contribution >= 4 is 46.3 Å². The molecule has 0 saturated heterocycles. The van der Waals surface area contributed by atoms with Crippen molar-refractivity contribution in [1.82, 2.24) is 10.4 Å². The van der Waals surface area contributed by atoms with Gasteiger partial charge in [-0.15, -0.1) is 0 Å². The van der Waals surface area contributed by atoms with Crippen LogP contribution in [0.1, 0.15) is 21.5 Å². The third kappa shape index (κ3) is 5.68. The van der Waals surface area contributed by atoms with Gasteiger partial charge in [-0.1, -0.05) is 29.8 Å². The summed E-state index contributed by atoms with van der Waals surface area (Å²) in [5, 5.41) is 4.65. The lowest BCUT2D eigenvalue weighted by atomic mass is 10.2. The van der Waals surface area contributed by atoms with E-state index in [1.165, 1.54) is 12.4 Å². The van der Waals surface area contributed by atoms with E-state index >= 15 is 0 Å². The van der Waals surface area contributed by atoms with E-state index in [0.29, 0.717) is 28.7 Å². The number of benzene rings is 2. The van der Waals surface area contributed by atoms with Crippen LogP contribution in [-0.2, 0) is 6.61 Å². The molecule has 1 heterocycles. The summed E-state index contributed by atoms with van der Waals surface area (Å²) in [6, 6.07) is 14.5. The van der Waals surface area contributed by atoms with Crippen LogP contribution in [0.5, 0.6) is 11.5 Å². The fourth-order valence-corrected chi connectivity index (χ4v) is 3.42. The van der Waals surface area contributed by atoms with E-state index in [1.54, 1.807) is 31.5 Å². The first kappa shape index (κ1) is 21.1. The molecule has 6 nitrogen and oxygen atoms in total. The Morgan fingerprint density at radius 2 is 2.10 bits per heavy atom. The Bertz CT molecular complexity index is 1030. The van der Waals surface area contributed by atoms with Gasteiger partial charge < -0.3 is 9.47 Å². The maximum absolute atomic E-state index is 12.0. The first-order valence-electron chi connectivity index (χ1n) is 8.55. The van der Waals surface area contributed by atoms with Crippen molar-refractivity contribution in [2.45, 2.75) is 6.61 Å². The molecule has 0 atom stereocenters. The maximum atomic E-state index is 12.0. The Hall–Kier alpha value is -2.65. The molecule has 1 N–H and O–H groups in total. The van der Waals surface area contributed by atoms with Crippen LogP contribution >= 0.6 is 34.2 Å². The predicted octanol–water partition coefficient (Wildman–Crippen LogP) is 4.69. The Morgan fingerprint density at radius 3 is 2.83 bits per heavy atom. The highest BCUT2D eigenvalue weighted by Gasteiger charge is 2.12. The number of pyridine rings is 1. The first-order valence-corrected chi connectivity index (χ1v) is 10.0. The average molecular weight is 522 g/mol. The van der Waals surface area contributed by atoms with E-state index in [0.717, 1.165) is 14.7 Å². The van der Waals surface area contributed by atoms with Crippen molar-refractivity contribution in [3.05, 3.63) is 86.2 Å². The lowest BCUT2D eigenvalue weighted by Crippen LogP contribution is -2.17. The summed E-state index contributed by atoms with van der Waals surface area (Å²) < 4.78 is 12.2. The molecule has 29 heavy (non-hydrogen) atoms. The molecule has 1 aromatic heterocycles. The molecular weight excluding hydrogens is 505 g/mol. The van der Waals surface area contributed by atoms with Crippen molar-refractivity contribution in [1.29, 1.82) is 0 Å². The van der Waals surface area contributed by atoms with Crippen molar-refractivity contribution in [3.63, 3.8) is 0 Å². The number of halogens is 2. The normalized spacial score (nSPS) is 10.7. The number of methoxy groups -OCH3 is 1. The third-order valence-corrected chi connectivity index (χ3v) is 5.06. The second-order valence-electron chi connectivity index (χ2n) is 5.86. The van der Waals surface area contributed by atoms with Gasteiger partial charge in [-0.25, -0.2) is 5.43 Å². The summed E-state index contributed by atoms with van der Waals surface area (Å²) in [4.78, 5) is 15.9. The quantitative estimate of drug-likeness (QED) is 0.278. The Balaban J connectivity index is 1.70. The SMILES string of the molecule is COc1cc(/C=N/NC(=O)c2cccnc2)cc(I)c1OCc1ccccc1Cl. The Kier molecular flexibility index (Phi) is 7.42. The fourth-order valence-electron chi connectivity index (χ4n) is 2.45. The molecule has 0 aliphatic rings. The smallest absolute Gasteiger partial charge is 0.272 e. The number of aromatic nitrogens is 1. The summed E-state index contributed by atoms with van der Waals surface area (Å²) in [6.07, 6.45) is 4.61. The molecule has 0 unspecified atom stereocenters. The second kappa shape index (κ2) is 10.2. The second-order valence-corrected chi connectivity index (χ2v) is 7.42. The van der Waals surface area contributed by atoms with Crippen LogP contribution in [0.3, 0.4) is 0 Å². The van der Waals surface area contributed by atoms with Crippen LogP contribution in [0.25, 0.3) is 0 Å². The van der Waals surface area contributed by atoms with Gasteiger partial charge in [-0.3, -0.25) is 9.78 Å². The van der Waals surface area contributed by atoms with E-state index in [-0.39, 0.29) is 5.91 Å². The molecule has 0 saturated carbocycles. The molecule has 0 aliphatic heterocycles. The molecule has 3 aromatic rings. The van der Waals surface area contributed by atoms with Gasteiger partial charge in [0.15, 0.2) is 11.5 Å². The average Bonchev–Trinajstić information content (AvgIpc) is 2.74. The molecule has 0 spiro atoms. The van der Waals surface area contributed by atoms with E-state index in [1.807, 2.05) is 30.3 Å². The maximum Gasteiger partial charge on any atom is 0.272 e. The summed E-state index contributed by atoms with van der Waals surface area (Å²) >= 11 is 8.35. The molecule has 2 aromatic carbocycles. The van der Waals surface area contributed by atoms with Gasteiger partial charge in [0.25, 0.3) is 5.91 Å². The van der Waals surface area contributed by atoms with Gasteiger partial charge in [0.2, 0.25) is 0 Å². The van der Waals surface area contributed by atoms with Crippen LogP contribution < -0.4 is 14.9 Å². The van der Waals surface area contributed by atoms with Crippen LogP contribution in [0.15, 0.2) is 66.0 Å². The van der Waals surface area contributed by atoms with Crippen LogP contribution in [0.2, 0.25) is 5.02 Å². The van der Waals surface area contributed by atoms with Crippen molar-refractivity contribution in [2.75, 3.05) is 7.11 Å². The number of nitrogens with zero attached hydrogens (tertiary/aromatic N) is 2.